The van der Waals surface area contributed by atoms with E-state index in [-0.39, 0.29) is 6.04 Å². The molecule has 2 N–H and O–H groups in total. The summed E-state index contributed by atoms with van der Waals surface area (Å²) in [4.78, 5) is 5.56. The lowest BCUT2D eigenvalue weighted by molar-refractivity contribution is 0.781. The molecule has 3 heteroatoms. The summed E-state index contributed by atoms with van der Waals surface area (Å²) >= 11 is 1.72. The van der Waals surface area contributed by atoms with E-state index in [1.54, 1.807) is 11.3 Å². The SMILES string of the molecule is CC(N)c1ccc(-c2cccs2)cn1. The average molecular weight is 204 g/mol. The quantitative estimate of drug-likeness (QED) is 0.817. The number of hydrogen-bond donors (Lipinski definition) is 1. The minimum atomic E-state index is 0.00684. The van der Waals surface area contributed by atoms with Crippen LogP contribution in [0.15, 0.2) is 35.8 Å². The van der Waals surface area contributed by atoms with Crippen LogP contribution in [0.3, 0.4) is 0 Å². The molecule has 0 spiro atoms. The highest BCUT2D eigenvalue weighted by molar-refractivity contribution is 7.13. The van der Waals surface area contributed by atoms with E-state index in [1.807, 2.05) is 25.3 Å². The summed E-state index contributed by atoms with van der Waals surface area (Å²) in [6.07, 6.45) is 1.88. The molecule has 14 heavy (non-hydrogen) atoms. The molecule has 1 unspecified atom stereocenters. The number of pyridine rings is 1. The fraction of sp³-hybridized carbons (Fsp3) is 0.182. The highest BCUT2D eigenvalue weighted by Gasteiger charge is 2.02. The van der Waals surface area contributed by atoms with Gasteiger partial charge in [0.1, 0.15) is 0 Å². The van der Waals surface area contributed by atoms with Crippen molar-refractivity contribution in [2.45, 2.75) is 13.0 Å². The first kappa shape index (κ1) is 9.37. The third-order valence-electron chi connectivity index (χ3n) is 2.06. The van der Waals surface area contributed by atoms with Gasteiger partial charge < -0.3 is 5.73 Å². The summed E-state index contributed by atoms with van der Waals surface area (Å²) in [5.41, 5.74) is 7.81. The maximum Gasteiger partial charge on any atom is 0.0568 e. The van der Waals surface area contributed by atoms with Crippen LogP contribution in [0.2, 0.25) is 0 Å². The van der Waals surface area contributed by atoms with Crippen LogP contribution in [0, 0.1) is 0 Å². The molecular formula is C11H12N2S. The van der Waals surface area contributed by atoms with E-state index in [9.17, 15) is 0 Å². The average Bonchev–Trinajstić information content (AvgIpc) is 2.71. The summed E-state index contributed by atoms with van der Waals surface area (Å²) in [5.74, 6) is 0. The molecule has 0 aliphatic heterocycles. The van der Waals surface area contributed by atoms with Gasteiger partial charge in [0.15, 0.2) is 0 Å². The van der Waals surface area contributed by atoms with Crippen molar-refractivity contribution in [1.29, 1.82) is 0 Å². The van der Waals surface area contributed by atoms with Gasteiger partial charge in [0, 0.05) is 22.7 Å². The zero-order valence-corrected chi connectivity index (χ0v) is 8.79. The molecule has 0 aliphatic carbocycles. The van der Waals surface area contributed by atoms with Crippen molar-refractivity contribution in [2.24, 2.45) is 5.73 Å². The monoisotopic (exact) mass is 204 g/mol. The van der Waals surface area contributed by atoms with Crippen LogP contribution >= 0.6 is 11.3 Å². The van der Waals surface area contributed by atoms with Crippen LogP contribution in [0.1, 0.15) is 18.7 Å². The van der Waals surface area contributed by atoms with Gasteiger partial charge in [0.25, 0.3) is 0 Å². The Morgan fingerprint density at radius 3 is 2.71 bits per heavy atom. The molecule has 2 rings (SSSR count). The molecule has 2 nitrogen and oxygen atoms in total. The number of nitrogens with two attached hydrogens (primary N) is 1. The molecule has 0 fully saturated rings. The van der Waals surface area contributed by atoms with Gasteiger partial charge in [0.2, 0.25) is 0 Å². The Kier molecular flexibility index (Phi) is 2.61. The minimum Gasteiger partial charge on any atom is -0.323 e. The molecule has 0 aromatic carbocycles. The Balaban J connectivity index is 2.31. The number of hydrogen-bond acceptors (Lipinski definition) is 3. The molecule has 0 radical (unpaired) electrons. The molecule has 0 saturated carbocycles. The molecule has 72 valence electrons. The lowest BCUT2D eigenvalue weighted by Gasteiger charge is -2.04. The summed E-state index contributed by atoms with van der Waals surface area (Å²) in [5, 5.41) is 2.06. The van der Waals surface area contributed by atoms with E-state index in [4.69, 9.17) is 5.73 Å². The second-order valence-corrected chi connectivity index (χ2v) is 4.19. The Labute approximate surface area is 87.4 Å². The van der Waals surface area contributed by atoms with Crippen molar-refractivity contribution in [3.63, 3.8) is 0 Å². The molecule has 0 bridgehead atoms. The van der Waals surface area contributed by atoms with E-state index >= 15 is 0 Å². The summed E-state index contributed by atoms with van der Waals surface area (Å²) in [6.45, 7) is 1.94. The first-order chi connectivity index (χ1) is 6.77. The highest BCUT2D eigenvalue weighted by atomic mass is 32.1. The first-order valence-corrected chi connectivity index (χ1v) is 5.41. The number of rotatable bonds is 2. The first-order valence-electron chi connectivity index (χ1n) is 4.53. The van der Waals surface area contributed by atoms with Crippen LogP contribution in [-0.4, -0.2) is 4.98 Å². The van der Waals surface area contributed by atoms with Crippen molar-refractivity contribution in [3.8, 4) is 10.4 Å². The van der Waals surface area contributed by atoms with Gasteiger partial charge >= 0.3 is 0 Å². The summed E-state index contributed by atoms with van der Waals surface area (Å²) < 4.78 is 0. The van der Waals surface area contributed by atoms with Crippen molar-refractivity contribution in [1.82, 2.24) is 4.98 Å². The molecule has 0 saturated heterocycles. The van der Waals surface area contributed by atoms with Crippen LogP contribution in [0.25, 0.3) is 10.4 Å². The van der Waals surface area contributed by atoms with Crippen LogP contribution in [0.5, 0.6) is 0 Å². The van der Waals surface area contributed by atoms with Crippen LogP contribution < -0.4 is 5.73 Å². The van der Waals surface area contributed by atoms with Gasteiger partial charge in [-0.25, -0.2) is 0 Å². The molecule has 2 heterocycles. The van der Waals surface area contributed by atoms with Crippen molar-refractivity contribution < 1.29 is 0 Å². The lowest BCUT2D eigenvalue weighted by Crippen LogP contribution is -2.06. The zero-order chi connectivity index (χ0) is 9.97. The lowest BCUT2D eigenvalue weighted by atomic mass is 10.2. The molecule has 0 amide bonds. The topological polar surface area (TPSA) is 38.9 Å². The molecule has 0 aliphatic rings. The second-order valence-electron chi connectivity index (χ2n) is 3.24. The van der Waals surface area contributed by atoms with Crippen LogP contribution in [-0.2, 0) is 0 Å². The minimum absolute atomic E-state index is 0.00684. The molecule has 2 aromatic heterocycles. The summed E-state index contributed by atoms with van der Waals surface area (Å²) in [6, 6.07) is 8.19. The Bertz CT molecular complexity index is 390. The molecule has 2 aromatic rings. The number of aromatic nitrogens is 1. The zero-order valence-electron chi connectivity index (χ0n) is 7.97. The van der Waals surface area contributed by atoms with E-state index in [1.165, 1.54) is 4.88 Å². The van der Waals surface area contributed by atoms with Gasteiger partial charge in [-0.1, -0.05) is 12.1 Å². The summed E-state index contributed by atoms with van der Waals surface area (Å²) in [7, 11) is 0. The van der Waals surface area contributed by atoms with Gasteiger partial charge in [-0.2, -0.15) is 0 Å². The van der Waals surface area contributed by atoms with E-state index in [0.717, 1.165) is 11.3 Å². The van der Waals surface area contributed by atoms with Gasteiger partial charge in [-0.3, -0.25) is 4.98 Å². The van der Waals surface area contributed by atoms with E-state index in [0.29, 0.717) is 0 Å². The number of thiophene rings is 1. The van der Waals surface area contributed by atoms with Crippen molar-refractivity contribution in [3.05, 3.63) is 41.5 Å². The second kappa shape index (κ2) is 3.90. The predicted octanol–water partition coefficient (Wildman–Crippen LogP) is 2.83. The standard InChI is InChI=1S/C11H12N2S/c1-8(12)10-5-4-9(7-13-10)11-3-2-6-14-11/h2-8H,12H2,1H3. The Morgan fingerprint density at radius 1 is 1.36 bits per heavy atom. The van der Waals surface area contributed by atoms with E-state index in [2.05, 4.69) is 22.5 Å². The maximum absolute atomic E-state index is 5.72. The predicted molar refractivity (Wildman–Crippen MR) is 60.2 cm³/mol. The largest absolute Gasteiger partial charge is 0.323 e. The van der Waals surface area contributed by atoms with E-state index < -0.39 is 0 Å². The Hall–Kier alpha value is -1.19. The third kappa shape index (κ3) is 1.84. The third-order valence-corrected chi connectivity index (χ3v) is 2.98. The maximum atomic E-state index is 5.72. The van der Waals surface area contributed by atoms with Gasteiger partial charge in [0.05, 0.1) is 5.69 Å². The fourth-order valence-electron chi connectivity index (χ4n) is 1.26. The van der Waals surface area contributed by atoms with Gasteiger partial charge in [-0.05, 0) is 24.4 Å². The van der Waals surface area contributed by atoms with Crippen molar-refractivity contribution >= 4 is 11.3 Å². The molecule has 1 atom stereocenters. The Morgan fingerprint density at radius 2 is 2.21 bits per heavy atom. The number of nitrogens with zero attached hydrogens (tertiary/aromatic N) is 1. The highest BCUT2D eigenvalue weighted by Crippen LogP contribution is 2.24. The van der Waals surface area contributed by atoms with Crippen LogP contribution in [0.4, 0.5) is 0 Å². The van der Waals surface area contributed by atoms with Gasteiger partial charge in [-0.15, -0.1) is 11.3 Å². The smallest absolute Gasteiger partial charge is 0.0568 e. The normalized spacial score (nSPS) is 12.7. The molecular weight excluding hydrogens is 192 g/mol. The fourth-order valence-corrected chi connectivity index (χ4v) is 1.98. The van der Waals surface area contributed by atoms with Crippen molar-refractivity contribution in [2.75, 3.05) is 0 Å².